The predicted octanol–water partition coefficient (Wildman–Crippen LogP) is 1.73. The fourth-order valence-electron chi connectivity index (χ4n) is 2.11. The van der Waals surface area contributed by atoms with Gasteiger partial charge in [-0.3, -0.25) is 14.8 Å². The number of carboxylic acids is 1. The zero-order chi connectivity index (χ0) is 13.9. The lowest BCUT2D eigenvalue weighted by molar-refractivity contribution is -0.144. The van der Waals surface area contributed by atoms with E-state index >= 15 is 0 Å². The summed E-state index contributed by atoms with van der Waals surface area (Å²) in [7, 11) is 0. The van der Waals surface area contributed by atoms with Crippen molar-refractivity contribution in [3.63, 3.8) is 0 Å². The predicted molar refractivity (Wildman–Crippen MR) is 70.6 cm³/mol. The third-order valence-corrected chi connectivity index (χ3v) is 3.01. The molecule has 5 nitrogen and oxygen atoms in total. The lowest BCUT2D eigenvalue weighted by Gasteiger charge is -2.28. The molecule has 0 aliphatic carbocycles. The summed E-state index contributed by atoms with van der Waals surface area (Å²) < 4.78 is 1.86. The summed E-state index contributed by atoms with van der Waals surface area (Å²) in [5.41, 5.74) is 1.10. The second-order valence-corrected chi connectivity index (χ2v) is 5.34. The highest BCUT2D eigenvalue weighted by Crippen LogP contribution is 2.14. The first kappa shape index (κ1) is 14.7. The smallest absolute Gasteiger partial charge is 0.323 e. The summed E-state index contributed by atoms with van der Waals surface area (Å²) in [6.45, 7) is 10.1. The molecule has 0 radical (unpaired) electrons. The van der Waals surface area contributed by atoms with Crippen molar-refractivity contribution in [3.05, 3.63) is 17.5 Å². The zero-order valence-electron chi connectivity index (χ0n) is 11.8. The van der Waals surface area contributed by atoms with Crippen molar-refractivity contribution >= 4 is 5.97 Å². The number of carbonyl (C=O) groups is 1. The molecule has 0 spiro atoms. The van der Waals surface area contributed by atoms with Crippen LogP contribution in [0, 0.1) is 13.8 Å². The van der Waals surface area contributed by atoms with Gasteiger partial charge in [-0.2, -0.15) is 5.10 Å². The molecule has 2 N–H and O–H groups in total. The Hall–Kier alpha value is -1.36. The molecule has 1 rings (SSSR count). The summed E-state index contributed by atoms with van der Waals surface area (Å²) in [5.74, 6) is -0.822. The van der Waals surface area contributed by atoms with E-state index in [2.05, 4.69) is 10.4 Å². The Bertz CT molecular complexity index is 426. The summed E-state index contributed by atoms with van der Waals surface area (Å²) in [6, 6.07) is 2.13. The van der Waals surface area contributed by atoms with E-state index in [0.717, 1.165) is 11.4 Å². The van der Waals surface area contributed by atoms with E-state index in [-0.39, 0.29) is 6.04 Å². The highest BCUT2D eigenvalue weighted by atomic mass is 16.4. The average molecular weight is 253 g/mol. The zero-order valence-corrected chi connectivity index (χ0v) is 11.8. The molecule has 5 heteroatoms. The van der Waals surface area contributed by atoms with Gasteiger partial charge in [-0.1, -0.05) is 0 Å². The molecule has 1 unspecified atom stereocenters. The molecule has 1 heterocycles. The summed E-state index contributed by atoms with van der Waals surface area (Å²) in [4.78, 5) is 11.4. The van der Waals surface area contributed by atoms with E-state index in [0.29, 0.717) is 13.0 Å². The van der Waals surface area contributed by atoms with E-state index in [1.54, 1.807) is 6.92 Å². The third-order valence-electron chi connectivity index (χ3n) is 3.01. The molecule has 18 heavy (non-hydrogen) atoms. The molecule has 0 amide bonds. The number of aliphatic carboxylic acids is 1. The first-order chi connectivity index (χ1) is 8.24. The van der Waals surface area contributed by atoms with Crippen LogP contribution < -0.4 is 5.32 Å². The van der Waals surface area contributed by atoms with Crippen LogP contribution in [0.1, 0.15) is 38.6 Å². The van der Waals surface area contributed by atoms with Gasteiger partial charge in [0.05, 0.1) is 5.69 Å². The second-order valence-electron chi connectivity index (χ2n) is 5.34. The number of aromatic nitrogens is 2. The minimum absolute atomic E-state index is 0.131. The van der Waals surface area contributed by atoms with Gasteiger partial charge in [0.15, 0.2) is 0 Å². The van der Waals surface area contributed by atoms with E-state index in [1.807, 2.05) is 38.4 Å². The van der Waals surface area contributed by atoms with Crippen molar-refractivity contribution in [2.45, 2.75) is 59.2 Å². The van der Waals surface area contributed by atoms with Crippen LogP contribution in [0.5, 0.6) is 0 Å². The first-order valence-corrected chi connectivity index (χ1v) is 6.27. The molecule has 1 atom stereocenters. The van der Waals surface area contributed by atoms with Crippen LogP contribution in [0.25, 0.3) is 0 Å². The van der Waals surface area contributed by atoms with E-state index in [1.165, 1.54) is 0 Å². The third kappa shape index (κ3) is 3.57. The summed E-state index contributed by atoms with van der Waals surface area (Å²) in [5, 5.41) is 16.8. The van der Waals surface area contributed by atoms with Gasteiger partial charge in [0.25, 0.3) is 0 Å². The van der Waals surface area contributed by atoms with Crippen molar-refractivity contribution < 1.29 is 9.90 Å². The normalized spacial score (nSPS) is 14.8. The van der Waals surface area contributed by atoms with Gasteiger partial charge in [0.1, 0.15) is 5.54 Å². The molecule has 0 fully saturated rings. The minimum atomic E-state index is -0.916. The maximum absolute atomic E-state index is 11.4. The number of nitrogens with one attached hydrogen (secondary N) is 1. The molecule has 0 aliphatic heterocycles. The quantitative estimate of drug-likeness (QED) is 0.810. The highest BCUT2D eigenvalue weighted by molar-refractivity contribution is 5.78. The maximum atomic E-state index is 11.4. The first-order valence-electron chi connectivity index (χ1n) is 6.27. The number of carboxylic acid groups (broad SMARTS) is 1. The SMILES string of the molecule is Cc1cc(C)n(CCC(C)(NC(C)C)C(=O)O)n1. The van der Waals surface area contributed by atoms with Gasteiger partial charge in [-0.05, 0) is 47.1 Å². The number of aryl methyl sites for hydroxylation is 3. The van der Waals surface area contributed by atoms with Crippen molar-refractivity contribution in [2.75, 3.05) is 0 Å². The number of nitrogens with zero attached hydrogens (tertiary/aromatic N) is 2. The highest BCUT2D eigenvalue weighted by Gasteiger charge is 2.33. The number of hydrogen-bond donors (Lipinski definition) is 2. The topological polar surface area (TPSA) is 67.2 Å². The van der Waals surface area contributed by atoms with Gasteiger partial charge < -0.3 is 5.11 Å². The van der Waals surface area contributed by atoms with Gasteiger partial charge in [-0.25, -0.2) is 0 Å². The fourth-order valence-corrected chi connectivity index (χ4v) is 2.11. The van der Waals surface area contributed by atoms with Crippen molar-refractivity contribution in [1.29, 1.82) is 0 Å². The molecule has 0 aromatic carbocycles. The largest absolute Gasteiger partial charge is 0.480 e. The number of rotatable bonds is 6. The molecule has 0 saturated heterocycles. The van der Waals surface area contributed by atoms with E-state index in [4.69, 9.17) is 0 Å². The molecule has 1 aromatic rings. The molecular weight excluding hydrogens is 230 g/mol. The van der Waals surface area contributed by atoms with Gasteiger partial charge >= 0.3 is 5.97 Å². The average Bonchev–Trinajstić information content (AvgIpc) is 2.53. The second kappa shape index (κ2) is 5.52. The van der Waals surface area contributed by atoms with Crippen molar-refractivity contribution in [2.24, 2.45) is 0 Å². The standard InChI is InChI=1S/C13H23N3O2/c1-9(2)14-13(5,12(17)18)6-7-16-11(4)8-10(3)15-16/h8-9,14H,6-7H2,1-5H3,(H,17,18). The molecular formula is C13H23N3O2. The van der Waals surface area contributed by atoms with E-state index in [9.17, 15) is 9.90 Å². The summed E-state index contributed by atoms with van der Waals surface area (Å²) in [6.07, 6.45) is 0.502. The molecule has 0 aliphatic rings. The monoisotopic (exact) mass is 253 g/mol. The van der Waals surface area contributed by atoms with Crippen molar-refractivity contribution in [3.8, 4) is 0 Å². The van der Waals surface area contributed by atoms with Crippen LogP contribution in [0.2, 0.25) is 0 Å². The molecule has 1 aromatic heterocycles. The summed E-state index contributed by atoms with van der Waals surface area (Å²) >= 11 is 0. The Kier molecular flexibility index (Phi) is 4.51. The molecule has 0 bridgehead atoms. The Morgan fingerprint density at radius 3 is 2.56 bits per heavy atom. The van der Waals surface area contributed by atoms with E-state index < -0.39 is 11.5 Å². The van der Waals surface area contributed by atoms with Crippen LogP contribution >= 0.6 is 0 Å². The van der Waals surface area contributed by atoms with Gasteiger partial charge in [0, 0.05) is 18.3 Å². The molecule has 0 saturated carbocycles. The number of hydrogen-bond acceptors (Lipinski definition) is 3. The Morgan fingerprint density at radius 1 is 1.56 bits per heavy atom. The Labute approximate surface area is 108 Å². The fraction of sp³-hybridized carbons (Fsp3) is 0.692. The minimum Gasteiger partial charge on any atom is -0.480 e. The van der Waals surface area contributed by atoms with Crippen molar-refractivity contribution in [1.82, 2.24) is 15.1 Å². The lowest BCUT2D eigenvalue weighted by Crippen LogP contribution is -2.52. The maximum Gasteiger partial charge on any atom is 0.323 e. The van der Waals surface area contributed by atoms with Crippen LogP contribution in [-0.2, 0) is 11.3 Å². The van der Waals surface area contributed by atoms with Gasteiger partial charge in [-0.15, -0.1) is 0 Å². The van der Waals surface area contributed by atoms with Crippen LogP contribution in [0.3, 0.4) is 0 Å². The molecule has 102 valence electrons. The van der Waals surface area contributed by atoms with Crippen LogP contribution in [0.4, 0.5) is 0 Å². The Balaban J connectivity index is 2.74. The van der Waals surface area contributed by atoms with Crippen LogP contribution in [0.15, 0.2) is 6.07 Å². The lowest BCUT2D eigenvalue weighted by atomic mass is 9.97. The van der Waals surface area contributed by atoms with Gasteiger partial charge in [0.2, 0.25) is 0 Å². The van der Waals surface area contributed by atoms with Crippen LogP contribution in [-0.4, -0.2) is 32.4 Å². The Morgan fingerprint density at radius 2 is 2.17 bits per heavy atom.